The van der Waals surface area contributed by atoms with E-state index in [2.05, 4.69) is 33.7 Å². The maximum absolute atomic E-state index is 10.3. The number of rotatable bonds is 8. The van der Waals surface area contributed by atoms with Gasteiger partial charge in [-0.05, 0) is 57.0 Å². The number of guanidine groups is 1. The molecule has 2 aromatic rings. The van der Waals surface area contributed by atoms with E-state index in [0.29, 0.717) is 21.6 Å². The monoisotopic (exact) mass is 539 g/mol. The summed E-state index contributed by atoms with van der Waals surface area (Å²) < 4.78 is 2.01. The second-order valence-corrected chi connectivity index (χ2v) is 7.24. The van der Waals surface area contributed by atoms with Gasteiger partial charge in [0.2, 0.25) is 0 Å². The minimum absolute atomic E-state index is 0. The van der Waals surface area contributed by atoms with Gasteiger partial charge >= 0.3 is 0 Å². The lowest BCUT2D eigenvalue weighted by Gasteiger charge is -2.14. The number of nitrogens with one attached hydrogen (secondary N) is 2. The summed E-state index contributed by atoms with van der Waals surface area (Å²) in [7, 11) is 0. The van der Waals surface area contributed by atoms with Gasteiger partial charge in [-0.3, -0.25) is 9.67 Å². The fourth-order valence-electron chi connectivity index (χ4n) is 2.73. The van der Waals surface area contributed by atoms with Crippen LogP contribution in [0.2, 0.25) is 10.0 Å². The number of aliphatic hydroxyl groups excluding tert-OH is 1. The van der Waals surface area contributed by atoms with E-state index in [1.807, 2.05) is 18.5 Å². The summed E-state index contributed by atoms with van der Waals surface area (Å²) in [5.41, 5.74) is 2.85. The number of aliphatic hydroxyl groups is 1. The van der Waals surface area contributed by atoms with E-state index >= 15 is 0 Å². The van der Waals surface area contributed by atoms with E-state index in [1.54, 1.807) is 18.2 Å². The summed E-state index contributed by atoms with van der Waals surface area (Å²) in [6.07, 6.45) is 0.144. The lowest BCUT2D eigenvalue weighted by Crippen LogP contribution is -2.38. The van der Waals surface area contributed by atoms with E-state index in [0.717, 1.165) is 37.4 Å². The Morgan fingerprint density at radius 1 is 1.18 bits per heavy atom. The van der Waals surface area contributed by atoms with E-state index < -0.39 is 6.10 Å². The molecule has 3 N–H and O–H groups in total. The normalized spacial score (nSPS) is 12.4. The van der Waals surface area contributed by atoms with Crippen LogP contribution in [0.1, 0.15) is 36.4 Å². The molecule has 1 unspecified atom stereocenters. The molecule has 2 rings (SSSR count). The number of aromatic nitrogens is 2. The Hall–Kier alpha value is -1.03. The Morgan fingerprint density at radius 2 is 1.86 bits per heavy atom. The third-order valence-corrected chi connectivity index (χ3v) is 4.42. The number of benzene rings is 1. The van der Waals surface area contributed by atoms with Crippen molar-refractivity contribution in [2.75, 3.05) is 19.6 Å². The summed E-state index contributed by atoms with van der Waals surface area (Å²) in [5.74, 6) is 0.665. The second-order valence-electron chi connectivity index (χ2n) is 6.37. The molecule has 1 heterocycles. The molecule has 156 valence electrons. The van der Waals surface area contributed by atoms with Crippen LogP contribution < -0.4 is 10.6 Å². The second kappa shape index (κ2) is 12.5. The van der Waals surface area contributed by atoms with Gasteiger partial charge in [0.15, 0.2) is 5.96 Å². The molecule has 6 nitrogen and oxygen atoms in total. The molecule has 1 atom stereocenters. The van der Waals surface area contributed by atoms with Gasteiger partial charge in [-0.1, -0.05) is 23.2 Å². The zero-order valence-corrected chi connectivity index (χ0v) is 20.2. The molecule has 0 bridgehead atoms. The molecular weight excluding hydrogens is 512 g/mol. The quantitative estimate of drug-likeness (QED) is 0.204. The van der Waals surface area contributed by atoms with E-state index in [4.69, 9.17) is 23.2 Å². The maximum atomic E-state index is 10.3. The molecular formula is C19H28Cl2IN5O. The Morgan fingerprint density at radius 3 is 2.43 bits per heavy atom. The summed E-state index contributed by atoms with van der Waals surface area (Å²) >= 11 is 12.0. The van der Waals surface area contributed by atoms with Crippen molar-refractivity contribution in [2.45, 2.75) is 39.8 Å². The average Bonchev–Trinajstić information content (AvgIpc) is 2.92. The smallest absolute Gasteiger partial charge is 0.191 e. The lowest BCUT2D eigenvalue weighted by atomic mass is 10.1. The van der Waals surface area contributed by atoms with Crippen LogP contribution in [0.15, 0.2) is 29.3 Å². The fourth-order valence-corrected chi connectivity index (χ4v) is 3.27. The van der Waals surface area contributed by atoms with Gasteiger partial charge in [0.25, 0.3) is 0 Å². The first-order valence-corrected chi connectivity index (χ1v) is 9.82. The summed E-state index contributed by atoms with van der Waals surface area (Å²) in [6.45, 7) is 8.60. The molecule has 0 saturated carbocycles. The topological polar surface area (TPSA) is 74.5 Å². The van der Waals surface area contributed by atoms with Gasteiger partial charge in [0, 0.05) is 35.4 Å². The standard InChI is InChI=1S/C19H27Cl2N5O.HI/c1-4-22-19(23-6-5-7-26-14(3)8-13(2)25-26)24-12-18(27)15-9-16(20)11-17(21)10-15;/h8-11,18,27H,4-7,12H2,1-3H3,(H2,22,23,24);1H. The van der Waals surface area contributed by atoms with Crippen molar-refractivity contribution in [3.63, 3.8) is 0 Å². The first-order valence-electron chi connectivity index (χ1n) is 9.06. The lowest BCUT2D eigenvalue weighted by molar-refractivity contribution is 0.187. The SMILES string of the molecule is CCNC(=NCC(O)c1cc(Cl)cc(Cl)c1)NCCCn1nc(C)cc1C.I. The van der Waals surface area contributed by atoms with Crippen molar-refractivity contribution in [1.29, 1.82) is 0 Å². The van der Waals surface area contributed by atoms with Gasteiger partial charge in [-0.15, -0.1) is 24.0 Å². The molecule has 1 aromatic carbocycles. The summed E-state index contributed by atoms with van der Waals surface area (Å²) in [4.78, 5) is 4.45. The van der Waals surface area contributed by atoms with E-state index in [9.17, 15) is 5.11 Å². The van der Waals surface area contributed by atoms with Gasteiger partial charge in [0.05, 0.1) is 18.3 Å². The molecule has 0 saturated heterocycles. The highest BCUT2D eigenvalue weighted by Crippen LogP contribution is 2.23. The van der Waals surface area contributed by atoms with Gasteiger partial charge in [-0.25, -0.2) is 0 Å². The van der Waals surface area contributed by atoms with Gasteiger partial charge in [0.1, 0.15) is 0 Å². The van der Waals surface area contributed by atoms with Crippen LogP contribution in [0, 0.1) is 13.8 Å². The Balaban J connectivity index is 0.00000392. The number of halogens is 3. The Kier molecular flexibility index (Phi) is 11.2. The highest BCUT2D eigenvalue weighted by atomic mass is 127. The molecule has 9 heteroatoms. The molecule has 0 fully saturated rings. The first kappa shape index (κ1) is 25.0. The zero-order chi connectivity index (χ0) is 19.8. The molecule has 0 radical (unpaired) electrons. The molecule has 0 aliphatic carbocycles. The van der Waals surface area contributed by atoms with Crippen molar-refractivity contribution in [3.05, 3.63) is 51.3 Å². The molecule has 0 spiro atoms. The maximum Gasteiger partial charge on any atom is 0.191 e. The van der Waals surface area contributed by atoms with Crippen molar-refractivity contribution in [2.24, 2.45) is 4.99 Å². The molecule has 0 aliphatic heterocycles. The number of nitrogens with zero attached hydrogens (tertiary/aromatic N) is 3. The first-order chi connectivity index (χ1) is 12.9. The minimum Gasteiger partial charge on any atom is -0.386 e. The van der Waals surface area contributed by atoms with E-state index in [1.165, 1.54) is 0 Å². The van der Waals surface area contributed by atoms with Gasteiger partial charge < -0.3 is 15.7 Å². The average molecular weight is 540 g/mol. The Labute approximate surface area is 193 Å². The summed E-state index contributed by atoms with van der Waals surface area (Å²) in [6, 6.07) is 7.10. The third kappa shape index (κ3) is 8.14. The number of aryl methyl sites for hydroxylation is 3. The predicted molar refractivity (Wildman–Crippen MR) is 127 cm³/mol. The van der Waals surface area contributed by atoms with Crippen LogP contribution in [0.5, 0.6) is 0 Å². The largest absolute Gasteiger partial charge is 0.386 e. The zero-order valence-electron chi connectivity index (χ0n) is 16.4. The Bertz CT molecular complexity index is 761. The van der Waals surface area contributed by atoms with Crippen LogP contribution in [-0.2, 0) is 6.54 Å². The highest BCUT2D eigenvalue weighted by molar-refractivity contribution is 14.0. The van der Waals surface area contributed by atoms with Crippen LogP contribution in [0.4, 0.5) is 0 Å². The van der Waals surface area contributed by atoms with Crippen LogP contribution in [-0.4, -0.2) is 40.5 Å². The summed E-state index contributed by atoms with van der Waals surface area (Å²) in [5, 5.41) is 22.3. The highest BCUT2D eigenvalue weighted by Gasteiger charge is 2.10. The van der Waals surface area contributed by atoms with Gasteiger partial charge in [-0.2, -0.15) is 5.10 Å². The molecule has 1 aromatic heterocycles. The number of aliphatic imine (C=N–C) groups is 1. The number of hydrogen-bond acceptors (Lipinski definition) is 3. The third-order valence-electron chi connectivity index (χ3n) is 3.98. The fraction of sp³-hybridized carbons (Fsp3) is 0.474. The van der Waals surface area contributed by atoms with Crippen molar-refractivity contribution < 1.29 is 5.11 Å². The minimum atomic E-state index is -0.772. The predicted octanol–water partition coefficient (Wildman–Crippen LogP) is 4.10. The van der Waals surface area contributed by atoms with Crippen molar-refractivity contribution in [3.8, 4) is 0 Å². The van der Waals surface area contributed by atoms with Crippen LogP contribution >= 0.6 is 47.2 Å². The van der Waals surface area contributed by atoms with Crippen LogP contribution in [0.3, 0.4) is 0 Å². The number of hydrogen-bond donors (Lipinski definition) is 3. The van der Waals surface area contributed by atoms with Crippen LogP contribution in [0.25, 0.3) is 0 Å². The molecule has 0 aliphatic rings. The van der Waals surface area contributed by atoms with E-state index in [-0.39, 0.29) is 30.5 Å². The molecule has 28 heavy (non-hydrogen) atoms. The molecule has 0 amide bonds. The van der Waals surface area contributed by atoms with Crippen molar-refractivity contribution >= 4 is 53.1 Å². The van der Waals surface area contributed by atoms with Crippen molar-refractivity contribution in [1.82, 2.24) is 20.4 Å².